The van der Waals surface area contributed by atoms with Crippen molar-refractivity contribution in [2.24, 2.45) is 0 Å². The minimum atomic E-state index is 0.0740. The van der Waals surface area contributed by atoms with Gasteiger partial charge < -0.3 is 5.32 Å². The molecule has 0 bridgehead atoms. The van der Waals surface area contributed by atoms with Crippen molar-refractivity contribution in [2.75, 3.05) is 25.0 Å². The van der Waals surface area contributed by atoms with Crippen LogP contribution in [0.3, 0.4) is 0 Å². The first-order valence-corrected chi connectivity index (χ1v) is 7.16. The molecule has 3 heteroatoms. The van der Waals surface area contributed by atoms with Gasteiger partial charge in [-0.3, -0.25) is 9.69 Å². The van der Waals surface area contributed by atoms with E-state index in [1.807, 2.05) is 19.1 Å². The van der Waals surface area contributed by atoms with Crippen LogP contribution >= 0.6 is 0 Å². The van der Waals surface area contributed by atoms with Crippen LogP contribution in [0.4, 0.5) is 5.69 Å². The minimum absolute atomic E-state index is 0.0740. The van der Waals surface area contributed by atoms with Crippen LogP contribution in [0, 0.1) is 13.8 Å². The summed E-state index contributed by atoms with van der Waals surface area (Å²) < 4.78 is 0. The van der Waals surface area contributed by atoms with Crippen LogP contribution in [0.1, 0.15) is 37.8 Å². The number of likely N-dealkylation sites (N-methyl/N-ethyl adjacent to an activating group) is 1. The Bertz CT molecular complexity index is 415. The monoisotopic (exact) mass is 262 g/mol. The average molecular weight is 262 g/mol. The third-order valence-electron chi connectivity index (χ3n) is 3.30. The first-order chi connectivity index (χ1) is 9.06. The molecule has 0 aromatic heterocycles. The summed E-state index contributed by atoms with van der Waals surface area (Å²) in [6, 6.07) is 6.09. The number of hydrogen-bond donors (Lipinski definition) is 1. The van der Waals surface area contributed by atoms with E-state index in [-0.39, 0.29) is 5.91 Å². The number of rotatable bonds is 7. The number of carbonyl (C=O) groups excluding carboxylic acids is 1. The largest absolute Gasteiger partial charge is 0.325 e. The Kier molecular flexibility index (Phi) is 6.57. The van der Waals surface area contributed by atoms with Gasteiger partial charge in [-0.25, -0.2) is 0 Å². The summed E-state index contributed by atoms with van der Waals surface area (Å²) in [4.78, 5) is 14.2. The first kappa shape index (κ1) is 15.7. The zero-order chi connectivity index (χ0) is 14.3. The van der Waals surface area contributed by atoms with Crippen molar-refractivity contribution in [1.82, 2.24) is 4.90 Å². The molecule has 0 unspecified atom stereocenters. The summed E-state index contributed by atoms with van der Waals surface area (Å²) in [6.07, 6.45) is 2.31. The Hall–Kier alpha value is -1.35. The quantitative estimate of drug-likeness (QED) is 0.817. The molecular weight excluding hydrogens is 236 g/mol. The molecule has 19 heavy (non-hydrogen) atoms. The molecule has 1 amide bonds. The SMILES string of the molecule is CCCCN(CC)CC(=O)Nc1ccc(C)cc1C. The smallest absolute Gasteiger partial charge is 0.238 e. The Morgan fingerprint density at radius 2 is 2.00 bits per heavy atom. The summed E-state index contributed by atoms with van der Waals surface area (Å²) in [5.74, 6) is 0.0740. The second-order valence-electron chi connectivity index (χ2n) is 5.09. The lowest BCUT2D eigenvalue weighted by Crippen LogP contribution is -2.34. The molecule has 0 radical (unpaired) electrons. The third kappa shape index (κ3) is 5.43. The van der Waals surface area contributed by atoms with Gasteiger partial charge in [0.05, 0.1) is 6.54 Å². The zero-order valence-electron chi connectivity index (χ0n) is 12.6. The number of nitrogens with zero attached hydrogens (tertiary/aromatic N) is 1. The van der Waals surface area contributed by atoms with Gasteiger partial charge in [0.15, 0.2) is 0 Å². The molecule has 0 saturated carbocycles. The number of anilines is 1. The molecule has 3 nitrogen and oxygen atoms in total. The summed E-state index contributed by atoms with van der Waals surface area (Å²) >= 11 is 0. The Morgan fingerprint density at radius 3 is 2.58 bits per heavy atom. The van der Waals surface area contributed by atoms with E-state index in [1.54, 1.807) is 0 Å². The Labute approximate surface area is 117 Å². The molecule has 0 spiro atoms. The fourth-order valence-electron chi connectivity index (χ4n) is 2.08. The van der Waals surface area contributed by atoms with E-state index in [0.29, 0.717) is 6.54 Å². The zero-order valence-corrected chi connectivity index (χ0v) is 12.6. The maximum atomic E-state index is 12.0. The molecule has 0 saturated heterocycles. The third-order valence-corrected chi connectivity index (χ3v) is 3.30. The second kappa shape index (κ2) is 7.95. The lowest BCUT2D eigenvalue weighted by molar-refractivity contribution is -0.117. The fourth-order valence-corrected chi connectivity index (χ4v) is 2.08. The highest BCUT2D eigenvalue weighted by atomic mass is 16.2. The lowest BCUT2D eigenvalue weighted by atomic mass is 10.1. The van der Waals surface area contributed by atoms with Crippen molar-refractivity contribution in [3.05, 3.63) is 29.3 Å². The average Bonchev–Trinajstić information content (AvgIpc) is 2.38. The van der Waals surface area contributed by atoms with Gasteiger partial charge >= 0.3 is 0 Å². The topological polar surface area (TPSA) is 32.3 Å². The first-order valence-electron chi connectivity index (χ1n) is 7.16. The van der Waals surface area contributed by atoms with Crippen LogP contribution < -0.4 is 5.32 Å². The van der Waals surface area contributed by atoms with E-state index in [1.165, 1.54) is 5.56 Å². The molecule has 0 heterocycles. The number of amides is 1. The molecule has 0 aliphatic carbocycles. The molecule has 1 N–H and O–H groups in total. The number of unbranched alkanes of at least 4 members (excludes halogenated alkanes) is 1. The number of aryl methyl sites for hydroxylation is 2. The van der Waals surface area contributed by atoms with Gasteiger partial charge in [0.1, 0.15) is 0 Å². The highest BCUT2D eigenvalue weighted by molar-refractivity contribution is 5.93. The molecule has 1 rings (SSSR count). The summed E-state index contributed by atoms with van der Waals surface area (Å²) in [7, 11) is 0. The lowest BCUT2D eigenvalue weighted by Gasteiger charge is -2.19. The highest BCUT2D eigenvalue weighted by Crippen LogP contribution is 2.15. The molecule has 1 aromatic carbocycles. The van der Waals surface area contributed by atoms with Crippen LogP contribution in [0.2, 0.25) is 0 Å². The van der Waals surface area contributed by atoms with Crippen LogP contribution in [0.5, 0.6) is 0 Å². The van der Waals surface area contributed by atoms with Crippen molar-refractivity contribution in [3.8, 4) is 0 Å². The number of benzene rings is 1. The van der Waals surface area contributed by atoms with Crippen LogP contribution in [-0.2, 0) is 4.79 Å². The summed E-state index contributed by atoms with van der Waals surface area (Å²) in [5, 5.41) is 3.00. The second-order valence-corrected chi connectivity index (χ2v) is 5.09. The van der Waals surface area contributed by atoms with Gasteiger partial charge in [-0.05, 0) is 45.0 Å². The Morgan fingerprint density at radius 1 is 1.26 bits per heavy atom. The van der Waals surface area contributed by atoms with E-state index in [9.17, 15) is 4.79 Å². The van der Waals surface area contributed by atoms with Crippen LogP contribution in [0.25, 0.3) is 0 Å². The maximum Gasteiger partial charge on any atom is 0.238 e. The van der Waals surface area contributed by atoms with Gasteiger partial charge in [0.25, 0.3) is 0 Å². The van der Waals surface area contributed by atoms with E-state index >= 15 is 0 Å². The normalized spacial score (nSPS) is 10.8. The van der Waals surface area contributed by atoms with Gasteiger partial charge in [-0.1, -0.05) is 38.0 Å². The molecule has 0 aliphatic heterocycles. The van der Waals surface area contributed by atoms with Gasteiger partial charge in [0.2, 0.25) is 5.91 Å². The van der Waals surface area contributed by atoms with Crippen molar-refractivity contribution in [3.63, 3.8) is 0 Å². The van der Waals surface area contributed by atoms with Crippen LogP contribution in [0.15, 0.2) is 18.2 Å². The van der Waals surface area contributed by atoms with Crippen LogP contribution in [-0.4, -0.2) is 30.4 Å². The van der Waals surface area contributed by atoms with E-state index in [0.717, 1.165) is 37.2 Å². The minimum Gasteiger partial charge on any atom is -0.325 e. The maximum absolute atomic E-state index is 12.0. The molecule has 1 aromatic rings. The number of hydrogen-bond acceptors (Lipinski definition) is 2. The number of carbonyl (C=O) groups is 1. The van der Waals surface area contributed by atoms with E-state index in [2.05, 4.69) is 37.1 Å². The Balaban J connectivity index is 2.54. The fraction of sp³-hybridized carbons (Fsp3) is 0.562. The van der Waals surface area contributed by atoms with Gasteiger partial charge in [0, 0.05) is 5.69 Å². The highest BCUT2D eigenvalue weighted by Gasteiger charge is 2.09. The summed E-state index contributed by atoms with van der Waals surface area (Å²) in [5.41, 5.74) is 3.25. The molecule has 0 atom stereocenters. The predicted octanol–water partition coefficient (Wildman–Crippen LogP) is 3.36. The predicted molar refractivity (Wildman–Crippen MR) is 81.6 cm³/mol. The molecule has 0 aliphatic rings. The molecule has 0 fully saturated rings. The summed E-state index contributed by atoms with van der Waals surface area (Å²) in [6.45, 7) is 10.7. The van der Waals surface area contributed by atoms with Crippen molar-refractivity contribution in [1.29, 1.82) is 0 Å². The standard InChI is InChI=1S/C16H26N2O/c1-5-7-10-18(6-2)12-16(19)17-15-9-8-13(3)11-14(15)4/h8-9,11H,5-7,10,12H2,1-4H3,(H,17,19). The van der Waals surface area contributed by atoms with Gasteiger partial charge in [-0.2, -0.15) is 0 Å². The van der Waals surface area contributed by atoms with Crippen molar-refractivity contribution >= 4 is 11.6 Å². The molecular formula is C16H26N2O. The van der Waals surface area contributed by atoms with Crippen molar-refractivity contribution in [2.45, 2.75) is 40.5 Å². The van der Waals surface area contributed by atoms with Crippen molar-refractivity contribution < 1.29 is 4.79 Å². The van der Waals surface area contributed by atoms with E-state index in [4.69, 9.17) is 0 Å². The number of nitrogens with one attached hydrogen (secondary N) is 1. The van der Waals surface area contributed by atoms with Gasteiger partial charge in [-0.15, -0.1) is 0 Å². The molecule has 106 valence electrons. The van der Waals surface area contributed by atoms with E-state index < -0.39 is 0 Å².